The highest BCUT2D eigenvalue weighted by atomic mass is 32.1. The van der Waals surface area contributed by atoms with Crippen LogP contribution < -0.4 is 9.64 Å². The number of anilines is 1. The van der Waals surface area contributed by atoms with E-state index in [4.69, 9.17) is 4.74 Å². The minimum atomic E-state index is 0.233. The average Bonchev–Trinajstić information content (AvgIpc) is 3.13. The Kier molecular flexibility index (Phi) is 5.41. The van der Waals surface area contributed by atoms with Crippen LogP contribution in [0.5, 0.6) is 5.75 Å². The average molecular weight is 344 g/mol. The molecule has 128 valence electrons. The van der Waals surface area contributed by atoms with Crippen molar-refractivity contribution in [1.82, 2.24) is 4.90 Å². The number of thiophene rings is 1. The molecule has 1 aromatic heterocycles. The van der Waals surface area contributed by atoms with E-state index in [9.17, 15) is 4.79 Å². The minimum absolute atomic E-state index is 0.233. The van der Waals surface area contributed by atoms with Gasteiger partial charge in [-0.05, 0) is 49.1 Å². The van der Waals surface area contributed by atoms with E-state index in [2.05, 4.69) is 35.4 Å². The molecule has 1 atom stereocenters. The zero-order chi connectivity index (χ0) is 16.9. The third-order valence-corrected chi connectivity index (χ3v) is 5.49. The monoisotopic (exact) mass is 344 g/mol. The molecular formula is C19H24N2O2S. The molecule has 0 N–H and O–H groups in total. The van der Waals surface area contributed by atoms with Gasteiger partial charge >= 0.3 is 0 Å². The molecule has 2 aromatic rings. The first kappa shape index (κ1) is 16.8. The molecule has 5 heteroatoms. The summed E-state index contributed by atoms with van der Waals surface area (Å²) in [6.45, 7) is 4.67. The molecular weight excluding hydrogens is 320 g/mol. The Bertz CT molecular complexity index is 655. The first-order valence-electron chi connectivity index (χ1n) is 8.38. The molecule has 0 spiro atoms. The van der Waals surface area contributed by atoms with Crippen LogP contribution in [0.25, 0.3) is 0 Å². The highest BCUT2D eigenvalue weighted by molar-refractivity contribution is 7.09. The van der Waals surface area contributed by atoms with Gasteiger partial charge in [-0.15, -0.1) is 11.3 Å². The third-order valence-electron chi connectivity index (χ3n) is 4.55. The van der Waals surface area contributed by atoms with Crippen molar-refractivity contribution in [3.63, 3.8) is 0 Å². The van der Waals surface area contributed by atoms with Crippen LogP contribution in [-0.2, 0) is 11.2 Å². The van der Waals surface area contributed by atoms with Gasteiger partial charge in [-0.3, -0.25) is 4.79 Å². The number of ether oxygens (including phenoxy) is 1. The van der Waals surface area contributed by atoms with Gasteiger partial charge in [0.2, 0.25) is 5.91 Å². The van der Waals surface area contributed by atoms with Crippen LogP contribution in [0.4, 0.5) is 5.69 Å². The van der Waals surface area contributed by atoms with Crippen LogP contribution in [0.3, 0.4) is 0 Å². The molecule has 3 rings (SSSR count). The molecule has 0 aliphatic carbocycles. The molecule has 24 heavy (non-hydrogen) atoms. The topological polar surface area (TPSA) is 32.8 Å². The second-order valence-corrected chi connectivity index (χ2v) is 7.19. The third kappa shape index (κ3) is 3.90. The van der Waals surface area contributed by atoms with Crippen molar-refractivity contribution in [2.24, 2.45) is 0 Å². The zero-order valence-electron chi connectivity index (χ0n) is 14.3. The molecule has 1 amide bonds. The number of carbonyl (C=O) groups is 1. The fourth-order valence-corrected chi connectivity index (χ4v) is 3.89. The van der Waals surface area contributed by atoms with E-state index in [0.717, 1.165) is 31.8 Å². The number of carbonyl (C=O) groups excluding carboxylic acids is 1. The molecule has 1 aromatic carbocycles. The molecule has 1 fully saturated rings. The molecule has 0 saturated carbocycles. The van der Waals surface area contributed by atoms with Gasteiger partial charge in [0.15, 0.2) is 0 Å². The number of piperazine rings is 1. The lowest BCUT2D eigenvalue weighted by molar-refractivity contribution is -0.133. The summed E-state index contributed by atoms with van der Waals surface area (Å²) in [5.41, 5.74) is 1.19. The minimum Gasteiger partial charge on any atom is -0.497 e. The Morgan fingerprint density at radius 3 is 2.67 bits per heavy atom. The Hall–Kier alpha value is -2.01. The highest BCUT2D eigenvalue weighted by Crippen LogP contribution is 2.23. The predicted octanol–water partition coefficient (Wildman–Crippen LogP) is 3.43. The SMILES string of the molecule is COc1ccc(N2CCN(C(=O)CCc3cccs3)[C@@H](C)C2)cc1. The predicted molar refractivity (Wildman–Crippen MR) is 99.0 cm³/mol. The highest BCUT2D eigenvalue weighted by Gasteiger charge is 2.27. The molecule has 1 aliphatic rings. The lowest BCUT2D eigenvalue weighted by atomic mass is 10.1. The summed E-state index contributed by atoms with van der Waals surface area (Å²) in [5, 5.41) is 2.07. The van der Waals surface area contributed by atoms with Crippen LogP contribution in [-0.4, -0.2) is 43.6 Å². The quantitative estimate of drug-likeness (QED) is 0.833. The van der Waals surface area contributed by atoms with Crippen LogP contribution in [0, 0.1) is 0 Å². The Morgan fingerprint density at radius 2 is 2.04 bits per heavy atom. The van der Waals surface area contributed by atoms with Crippen molar-refractivity contribution in [1.29, 1.82) is 0 Å². The van der Waals surface area contributed by atoms with Crippen molar-refractivity contribution < 1.29 is 9.53 Å². The largest absolute Gasteiger partial charge is 0.497 e. The first-order chi connectivity index (χ1) is 11.7. The number of aryl methyl sites for hydroxylation is 1. The fourth-order valence-electron chi connectivity index (χ4n) is 3.18. The maximum atomic E-state index is 12.5. The Morgan fingerprint density at radius 1 is 1.25 bits per heavy atom. The van der Waals surface area contributed by atoms with Crippen LogP contribution in [0.2, 0.25) is 0 Å². The van der Waals surface area contributed by atoms with Crippen LogP contribution in [0.15, 0.2) is 41.8 Å². The molecule has 1 saturated heterocycles. The number of amides is 1. The summed E-state index contributed by atoms with van der Waals surface area (Å²) in [6.07, 6.45) is 1.45. The van der Waals surface area contributed by atoms with E-state index in [1.807, 2.05) is 23.1 Å². The second kappa shape index (κ2) is 7.71. The van der Waals surface area contributed by atoms with Gasteiger partial charge in [-0.2, -0.15) is 0 Å². The molecule has 2 heterocycles. The molecule has 4 nitrogen and oxygen atoms in total. The molecule has 1 aliphatic heterocycles. The lowest BCUT2D eigenvalue weighted by Crippen LogP contribution is -2.54. The maximum Gasteiger partial charge on any atom is 0.223 e. The van der Waals surface area contributed by atoms with Crippen LogP contribution in [0.1, 0.15) is 18.2 Å². The number of benzene rings is 1. The second-order valence-electron chi connectivity index (χ2n) is 6.16. The standard InChI is InChI=1S/C19H24N2O2S/c1-15-14-20(16-5-7-17(23-2)8-6-16)11-12-21(15)19(22)10-9-18-4-3-13-24-18/h3-8,13,15H,9-12,14H2,1-2H3/t15-/m0/s1. The molecule has 0 radical (unpaired) electrons. The van der Waals surface area contributed by atoms with Gasteiger partial charge in [0, 0.05) is 42.7 Å². The van der Waals surface area contributed by atoms with E-state index in [-0.39, 0.29) is 11.9 Å². The van der Waals surface area contributed by atoms with Gasteiger partial charge in [-0.25, -0.2) is 0 Å². The summed E-state index contributed by atoms with van der Waals surface area (Å²) in [4.78, 5) is 18.2. The molecule has 0 bridgehead atoms. The van der Waals surface area contributed by atoms with Crippen molar-refractivity contribution >= 4 is 22.9 Å². The fraction of sp³-hybridized carbons (Fsp3) is 0.421. The molecule has 0 unspecified atom stereocenters. The number of hydrogen-bond acceptors (Lipinski definition) is 4. The Balaban J connectivity index is 1.55. The Labute approximate surface area is 147 Å². The summed E-state index contributed by atoms with van der Waals surface area (Å²) in [6, 6.07) is 12.5. The summed E-state index contributed by atoms with van der Waals surface area (Å²) in [7, 11) is 1.68. The lowest BCUT2D eigenvalue weighted by Gasteiger charge is -2.41. The van der Waals surface area contributed by atoms with Crippen molar-refractivity contribution in [2.45, 2.75) is 25.8 Å². The van der Waals surface area contributed by atoms with Gasteiger partial charge in [0.25, 0.3) is 0 Å². The summed E-state index contributed by atoms with van der Waals surface area (Å²) < 4.78 is 5.21. The van der Waals surface area contributed by atoms with Crippen molar-refractivity contribution in [2.75, 3.05) is 31.6 Å². The maximum absolute atomic E-state index is 12.5. The first-order valence-corrected chi connectivity index (χ1v) is 9.26. The van der Waals surface area contributed by atoms with Gasteiger partial charge in [0.1, 0.15) is 5.75 Å². The summed E-state index contributed by atoms with van der Waals surface area (Å²) >= 11 is 1.72. The van der Waals surface area contributed by atoms with Gasteiger partial charge < -0.3 is 14.5 Å². The van der Waals surface area contributed by atoms with Gasteiger partial charge in [-0.1, -0.05) is 6.07 Å². The van der Waals surface area contributed by atoms with E-state index in [1.54, 1.807) is 18.4 Å². The number of nitrogens with zero attached hydrogens (tertiary/aromatic N) is 2. The number of methoxy groups -OCH3 is 1. The van der Waals surface area contributed by atoms with E-state index in [0.29, 0.717) is 6.42 Å². The zero-order valence-corrected chi connectivity index (χ0v) is 15.1. The van der Waals surface area contributed by atoms with Crippen LogP contribution >= 0.6 is 11.3 Å². The number of rotatable bonds is 5. The normalized spacial score (nSPS) is 17.8. The van der Waals surface area contributed by atoms with Gasteiger partial charge in [0.05, 0.1) is 7.11 Å². The van der Waals surface area contributed by atoms with E-state index >= 15 is 0 Å². The smallest absolute Gasteiger partial charge is 0.223 e. The van der Waals surface area contributed by atoms with Crippen molar-refractivity contribution in [3.8, 4) is 5.75 Å². The van der Waals surface area contributed by atoms with E-state index in [1.165, 1.54) is 10.6 Å². The van der Waals surface area contributed by atoms with Crippen molar-refractivity contribution in [3.05, 3.63) is 46.7 Å². The number of hydrogen-bond donors (Lipinski definition) is 0. The van der Waals surface area contributed by atoms with E-state index < -0.39 is 0 Å². The summed E-state index contributed by atoms with van der Waals surface area (Å²) in [5.74, 6) is 1.14.